The van der Waals surface area contributed by atoms with Crippen LogP contribution < -0.4 is 5.73 Å². The first-order valence-electron chi connectivity index (χ1n) is 6.19. The molecule has 19 heavy (non-hydrogen) atoms. The van der Waals surface area contributed by atoms with Crippen molar-refractivity contribution < 1.29 is 9.90 Å². The summed E-state index contributed by atoms with van der Waals surface area (Å²) in [5.41, 5.74) is 7.71. The van der Waals surface area contributed by atoms with Gasteiger partial charge in [0.2, 0.25) is 0 Å². The number of carbonyl (C=O) groups is 1. The summed E-state index contributed by atoms with van der Waals surface area (Å²) in [6, 6.07) is 3.65. The van der Waals surface area contributed by atoms with E-state index in [1.54, 1.807) is 18.5 Å². The Kier molecular flexibility index (Phi) is 2.79. The maximum atomic E-state index is 11.3. The number of carboxylic acid groups (broad SMARTS) is 1. The zero-order chi connectivity index (χ0) is 13.4. The zero-order valence-corrected chi connectivity index (χ0v) is 10.3. The summed E-state index contributed by atoms with van der Waals surface area (Å²) in [6.07, 6.45) is 5.53. The third-order valence-electron chi connectivity index (χ3n) is 3.38. The van der Waals surface area contributed by atoms with Gasteiger partial charge in [-0.2, -0.15) is 0 Å². The highest BCUT2D eigenvalue weighted by atomic mass is 16.4. The van der Waals surface area contributed by atoms with Gasteiger partial charge in [0, 0.05) is 18.0 Å². The lowest BCUT2D eigenvalue weighted by molar-refractivity contribution is 0.0689. The van der Waals surface area contributed by atoms with E-state index < -0.39 is 5.97 Å². The van der Waals surface area contributed by atoms with Crippen molar-refractivity contribution >= 4 is 5.97 Å². The summed E-state index contributed by atoms with van der Waals surface area (Å²) in [4.78, 5) is 19.6. The van der Waals surface area contributed by atoms with Crippen LogP contribution >= 0.6 is 0 Å². The van der Waals surface area contributed by atoms with E-state index in [1.165, 1.54) is 0 Å². The summed E-state index contributed by atoms with van der Waals surface area (Å²) in [5, 5.41) is 9.26. The minimum atomic E-state index is -1.01. The Labute approximate surface area is 109 Å². The van der Waals surface area contributed by atoms with Gasteiger partial charge in [-0.1, -0.05) is 0 Å². The smallest absolute Gasteiger partial charge is 0.356 e. The highest BCUT2D eigenvalue weighted by Gasteiger charge is 2.28. The van der Waals surface area contributed by atoms with E-state index in [-0.39, 0.29) is 11.9 Å². The Morgan fingerprint density at radius 2 is 2.37 bits per heavy atom. The molecule has 3 rings (SSSR count). The van der Waals surface area contributed by atoms with Crippen molar-refractivity contribution in [1.29, 1.82) is 0 Å². The second-order valence-electron chi connectivity index (χ2n) is 4.61. The Morgan fingerprint density at radius 1 is 1.53 bits per heavy atom. The van der Waals surface area contributed by atoms with Crippen LogP contribution in [-0.2, 0) is 6.42 Å². The van der Waals surface area contributed by atoms with Gasteiger partial charge in [0.15, 0.2) is 5.69 Å². The fourth-order valence-corrected chi connectivity index (χ4v) is 2.54. The Balaban J connectivity index is 2.23. The predicted octanol–water partition coefficient (Wildman–Crippen LogP) is 1.44. The van der Waals surface area contributed by atoms with Gasteiger partial charge in [-0.05, 0) is 31.4 Å². The Bertz CT molecular complexity index is 621. The van der Waals surface area contributed by atoms with E-state index in [0.717, 1.165) is 18.4 Å². The molecular weight excluding hydrogens is 244 g/mol. The van der Waals surface area contributed by atoms with Gasteiger partial charge in [-0.3, -0.25) is 4.98 Å². The van der Waals surface area contributed by atoms with E-state index in [0.29, 0.717) is 17.9 Å². The van der Waals surface area contributed by atoms with E-state index in [2.05, 4.69) is 9.97 Å². The van der Waals surface area contributed by atoms with Crippen LogP contribution in [-0.4, -0.2) is 25.6 Å². The van der Waals surface area contributed by atoms with Crippen LogP contribution in [0.4, 0.5) is 0 Å². The third-order valence-corrected chi connectivity index (χ3v) is 3.38. The molecule has 0 saturated carbocycles. The molecule has 0 saturated heterocycles. The molecule has 0 amide bonds. The highest BCUT2D eigenvalue weighted by molar-refractivity contribution is 5.88. The largest absolute Gasteiger partial charge is 0.476 e. The molecule has 2 aromatic heterocycles. The van der Waals surface area contributed by atoms with E-state index in [1.807, 2.05) is 10.6 Å². The Morgan fingerprint density at radius 3 is 3.05 bits per heavy atom. The maximum absolute atomic E-state index is 11.3. The molecule has 2 aromatic rings. The maximum Gasteiger partial charge on any atom is 0.356 e. The molecule has 0 fully saturated rings. The van der Waals surface area contributed by atoms with Crippen molar-refractivity contribution in [2.45, 2.75) is 25.4 Å². The van der Waals surface area contributed by atoms with Crippen molar-refractivity contribution in [1.82, 2.24) is 14.5 Å². The molecule has 3 heterocycles. The first-order chi connectivity index (χ1) is 9.18. The number of pyridine rings is 1. The van der Waals surface area contributed by atoms with Crippen molar-refractivity contribution in [3.05, 3.63) is 35.9 Å². The second-order valence-corrected chi connectivity index (χ2v) is 4.61. The molecule has 3 N–H and O–H groups in total. The lowest BCUT2D eigenvalue weighted by Gasteiger charge is -2.24. The van der Waals surface area contributed by atoms with Gasteiger partial charge in [-0.15, -0.1) is 0 Å². The highest BCUT2D eigenvalue weighted by Crippen LogP contribution is 2.30. The van der Waals surface area contributed by atoms with E-state index in [9.17, 15) is 9.90 Å². The summed E-state index contributed by atoms with van der Waals surface area (Å²) in [7, 11) is 0. The number of hydrogen-bond donors (Lipinski definition) is 2. The monoisotopic (exact) mass is 258 g/mol. The standard InChI is InChI=1S/C13H14N4O2/c14-10-5-1-4-9-11(13(18)19)16-12(17(9)10)8-3-2-6-15-7-8/h2-3,6-7,10H,1,4-5,14H2,(H,18,19). The summed E-state index contributed by atoms with van der Waals surface area (Å²) in [5.74, 6) is -0.416. The Hall–Kier alpha value is -2.21. The first-order valence-corrected chi connectivity index (χ1v) is 6.19. The average Bonchev–Trinajstić information content (AvgIpc) is 2.81. The number of rotatable bonds is 2. The molecule has 1 atom stereocenters. The van der Waals surface area contributed by atoms with Crippen LogP contribution in [0.5, 0.6) is 0 Å². The third kappa shape index (κ3) is 1.90. The number of fused-ring (bicyclic) bond motifs is 1. The van der Waals surface area contributed by atoms with Gasteiger partial charge in [0.25, 0.3) is 0 Å². The minimum Gasteiger partial charge on any atom is -0.476 e. The fourth-order valence-electron chi connectivity index (χ4n) is 2.54. The molecule has 6 nitrogen and oxygen atoms in total. The second kappa shape index (κ2) is 4.47. The number of hydrogen-bond acceptors (Lipinski definition) is 4. The van der Waals surface area contributed by atoms with Crippen LogP contribution in [0.3, 0.4) is 0 Å². The zero-order valence-electron chi connectivity index (χ0n) is 10.3. The number of nitrogens with zero attached hydrogens (tertiary/aromatic N) is 3. The fraction of sp³-hybridized carbons (Fsp3) is 0.308. The molecule has 98 valence electrons. The summed E-state index contributed by atoms with van der Waals surface area (Å²) in [6.45, 7) is 0. The van der Waals surface area contributed by atoms with Crippen molar-refractivity contribution in [3.63, 3.8) is 0 Å². The van der Waals surface area contributed by atoms with Crippen LogP contribution in [0.15, 0.2) is 24.5 Å². The van der Waals surface area contributed by atoms with Crippen molar-refractivity contribution in [2.75, 3.05) is 0 Å². The number of aromatic nitrogens is 3. The van der Waals surface area contributed by atoms with Crippen LogP contribution in [0.2, 0.25) is 0 Å². The molecule has 6 heteroatoms. The molecule has 1 unspecified atom stereocenters. The molecule has 0 radical (unpaired) electrons. The molecule has 0 bridgehead atoms. The van der Waals surface area contributed by atoms with Gasteiger partial charge in [-0.25, -0.2) is 9.78 Å². The van der Waals surface area contributed by atoms with E-state index >= 15 is 0 Å². The lowest BCUT2D eigenvalue weighted by atomic mass is 10.1. The molecule has 1 aliphatic rings. The SMILES string of the molecule is NC1CCCc2c(C(=O)O)nc(-c3cccnc3)n21. The quantitative estimate of drug-likeness (QED) is 0.850. The van der Waals surface area contributed by atoms with Gasteiger partial charge in [0.05, 0.1) is 11.9 Å². The number of carboxylic acids is 1. The number of imidazole rings is 1. The molecule has 1 aliphatic heterocycles. The van der Waals surface area contributed by atoms with Crippen LogP contribution in [0, 0.1) is 0 Å². The van der Waals surface area contributed by atoms with Gasteiger partial charge >= 0.3 is 5.97 Å². The lowest BCUT2D eigenvalue weighted by Crippen LogP contribution is -2.26. The van der Waals surface area contributed by atoms with Gasteiger partial charge < -0.3 is 15.4 Å². The first kappa shape index (κ1) is 11.9. The van der Waals surface area contributed by atoms with Crippen LogP contribution in [0.25, 0.3) is 11.4 Å². The number of nitrogens with two attached hydrogens (primary N) is 1. The summed E-state index contributed by atoms with van der Waals surface area (Å²) < 4.78 is 1.84. The molecule has 0 aliphatic carbocycles. The minimum absolute atomic E-state index is 0.106. The predicted molar refractivity (Wildman–Crippen MR) is 68.6 cm³/mol. The van der Waals surface area contributed by atoms with Crippen LogP contribution in [0.1, 0.15) is 35.2 Å². The molecular formula is C13H14N4O2. The average molecular weight is 258 g/mol. The summed E-state index contributed by atoms with van der Waals surface area (Å²) >= 11 is 0. The van der Waals surface area contributed by atoms with E-state index in [4.69, 9.17) is 5.73 Å². The normalized spacial score (nSPS) is 18.1. The molecule has 0 spiro atoms. The number of aromatic carboxylic acids is 1. The molecule has 0 aromatic carbocycles. The van der Waals surface area contributed by atoms with Crippen molar-refractivity contribution in [2.24, 2.45) is 5.73 Å². The van der Waals surface area contributed by atoms with Crippen molar-refractivity contribution in [3.8, 4) is 11.4 Å². The van der Waals surface area contributed by atoms with Gasteiger partial charge in [0.1, 0.15) is 5.82 Å². The topological polar surface area (TPSA) is 94.0 Å².